The van der Waals surface area contributed by atoms with Crippen LogP contribution in [0.3, 0.4) is 0 Å². The molecule has 0 saturated carbocycles. The summed E-state index contributed by atoms with van der Waals surface area (Å²) in [6, 6.07) is 7.77. The lowest BCUT2D eigenvalue weighted by Gasteiger charge is -2.25. The van der Waals surface area contributed by atoms with E-state index in [0.29, 0.717) is 17.4 Å². The molecule has 6 nitrogen and oxygen atoms in total. The molecule has 0 unspecified atom stereocenters. The summed E-state index contributed by atoms with van der Waals surface area (Å²) in [5, 5.41) is 5.41. The molecule has 0 bridgehead atoms. The fourth-order valence-corrected chi connectivity index (χ4v) is 4.25. The maximum atomic E-state index is 12.8. The van der Waals surface area contributed by atoms with Crippen molar-refractivity contribution >= 4 is 22.4 Å². The van der Waals surface area contributed by atoms with Gasteiger partial charge < -0.3 is 9.30 Å². The SMILES string of the molecule is Cc1cc(Cn2cccc2C(=O)Nc2nc(C(C)(C)OC(C)C)cs2)cc(C)n1. The van der Waals surface area contributed by atoms with Crippen LogP contribution in [0.15, 0.2) is 35.8 Å². The number of carbonyl (C=O) groups excluding carboxylic acids is 1. The van der Waals surface area contributed by atoms with Gasteiger partial charge in [-0.1, -0.05) is 0 Å². The summed E-state index contributed by atoms with van der Waals surface area (Å²) >= 11 is 1.40. The molecule has 1 amide bonds. The Morgan fingerprint density at radius 3 is 2.59 bits per heavy atom. The Kier molecular flexibility index (Phi) is 6.19. The Hall–Kier alpha value is -2.51. The molecular formula is C22H28N4O2S. The van der Waals surface area contributed by atoms with Gasteiger partial charge in [0.1, 0.15) is 11.3 Å². The monoisotopic (exact) mass is 412 g/mol. The quantitative estimate of drug-likeness (QED) is 0.598. The smallest absolute Gasteiger partial charge is 0.274 e. The number of hydrogen-bond acceptors (Lipinski definition) is 5. The Balaban J connectivity index is 1.74. The number of nitrogens with one attached hydrogen (secondary N) is 1. The minimum Gasteiger partial charge on any atom is -0.367 e. The third kappa shape index (κ3) is 5.31. The second-order valence-corrected chi connectivity index (χ2v) is 8.81. The number of thiazole rings is 1. The number of pyridine rings is 1. The number of carbonyl (C=O) groups is 1. The first kappa shape index (κ1) is 21.2. The average Bonchev–Trinajstić information content (AvgIpc) is 3.22. The predicted octanol–water partition coefficient (Wildman–Crippen LogP) is 4.92. The van der Waals surface area contributed by atoms with Crippen LogP contribution < -0.4 is 5.32 Å². The second-order valence-electron chi connectivity index (χ2n) is 7.95. The highest BCUT2D eigenvalue weighted by Crippen LogP contribution is 2.29. The highest BCUT2D eigenvalue weighted by Gasteiger charge is 2.26. The molecule has 0 atom stereocenters. The van der Waals surface area contributed by atoms with Gasteiger partial charge in [-0.15, -0.1) is 11.3 Å². The summed E-state index contributed by atoms with van der Waals surface area (Å²) < 4.78 is 7.88. The van der Waals surface area contributed by atoms with Gasteiger partial charge >= 0.3 is 0 Å². The lowest BCUT2D eigenvalue weighted by atomic mass is 10.1. The minimum atomic E-state index is -0.509. The fourth-order valence-electron chi connectivity index (χ4n) is 3.39. The molecule has 7 heteroatoms. The van der Waals surface area contributed by atoms with Crippen LogP contribution in [0.2, 0.25) is 0 Å². The summed E-state index contributed by atoms with van der Waals surface area (Å²) in [5.74, 6) is -0.180. The molecule has 0 aliphatic heterocycles. The van der Waals surface area contributed by atoms with Crippen LogP contribution in [-0.4, -0.2) is 26.5 Å². The summed E-state index contributed by atoms with van der Waals surface area (Å²) in [5.41, 5.74) is 3.95. The molecule has 0 saturated heterocycles. The summed E-state index contributed by atoms with van der Waals surface area (Å²) in [6.45, 7) is 12.5. The Morgan fingerprint density at radius 2 is 1.93 bits per heavy atom. The van der Waals surface area contributed by atoms with Crippen molar-refractivity contribution in [1.82, 2.24) is 14.5 Å². The zero-order chi connectivity index (χ0) is 21.2. The zero-order valence-corrected chi connectivity index (χ0v) is 18.6. The molecule has 0 spiro atoms. The molecule has 3 aromatic heterocycles. The number of anilines is 1. The number of aromatic nitrogens is 3. The van der Waals surface area contributed by atoms with Gasteiger partial charge in [-0.3, -0.25) is 15.1 Å². The molecule has 0 aromatic carbocycles. The van der Waals surface area contributed by atoms with Gasteiger partial charge in [-0.2, -0.15) is 0 Å². The Labute approximate surface area is 176 Å². The molecule has 0 aliphatic carbocycles. The lowest BCUT2D eigenvalue weighted by Crippen LogP contribution is -2.26. The average molecular weight is 413 g/mol. The summed E-state index contributed by atoms with van der Waals surface area (Å²) in [4.78, 5) is 21.8. The topological polar surface area (TPSA) is 69.0 Å². The first-order chi connectivity index (χ1) is 13.6. The van der Waals surface area contributed by atoms with Crippen molar-refractivity contribution < 1.29 is 9.53 Å². The van der Waals surface area contributed by atoms with Crippen LogP contribution in [0.1, 0.15) is 60.8 Å². The van der Waals surface area contributed by atoms with Crippen molar-refractivity contribution in [1.29, 1.82) is 0 Å². The molecule has 0 radical (unpaired) electrons. The summed E-state index contributed by atoms with van der Waals surface area (Å²) in [6.07, 6.45) is 2.00. The number of ether oxygens (including phenoxy) is 1. The van der Waals surface area contributed by atoms with Crippen LogP contribution in [0.25, 0.3) is 0 Å². The van der Waals surface area contributed by atoms with E-state index in [4.69, 9.17) is 4.74 Å². The van der Waals surface area contributed by atoms with Gasteiger partial charge in [0.25, 0.3) is 5.91 Å². The number of aryl methyl sites for hydroxylation is 2. The van der Waals surface area contributed by atoms with E-state index in [1.165, 1.54) is 11.3 Å². The van der Waals surface area contributed by atoms with Crippen LogP contribution in [0.4, 0.5) is 5.13 Å². The number of amides is 1. The molecule has 3 aromatic rings. The van der Waals surface area contributed by atoms with Crippen LogP contribution in [0.5, 0.6) is 0 Å². The van der Waals surface area contributed by atoms with Gasteiger partial charge in [-0.05, 0) is 71.4 Å². The first-order valence-corrected chi connectivity index (χ1v) is 10.6. The third-order valence-electron chi connectivity index (χ3n) is 4.43. The van der Waals surface area contributed by atoms with E-state index in [1.807, 2.05) is 82.0 Å². The molecule has 0 aliphatic rings. The lowest BCUT2D eigenvalue weighted by molar-refractivity contribution is -0.0623. The number of nitrogens with zero attached hydrogens (tertiary/aromatic N) is 3. The van der Waals surface area contributed by atoms with Gasteiger partial charge in [0.15, 0.2) is 5.13 Å². The van der Waals surface area contributed by atoms with Gasteiger partial charge in [0, 0.05) is 29.5 Å². The number of hydrogen-bond donors (Lipinski definition) is 1. The Morgan fingerprint density at radius 1 is 1.24 bits per heavy atom. The molecule has 1 N–H and O–H groups in total. The normalized spacial score (nSPS) is 11.8. The molecule has 29 heavy (non-hydrogen) atoms. The van der Waals surface area contributed by atoms with E-state index >= 15 is 0 Å². The predicted molar refractivity (Wildman–Crippen MR) is 117 cm³/mol. The molecule has 154 valence electrons. The standard InChI is InChI=1S/C22H28N4O2S/c1-14(2)28-22(5,6)19-13-29-21(24-19)25-20(27)18-8-7-9-26(18)12-17-10-15(3)23-16(4)11-17/h7-11,13-14H,12H2,1-6H3,(H,24,25,27). The molecule has 0 fully saturated rings. The van der Waals surface area contributed by atoms with Crippen LogP contribution in [-0.2, 0) is 16.9 Å². The highest BCUT2D eigenvalue weighted by atomic mass is 32.1. The fraction of sp³-hybridized carbons (Fsp3) is 0.409. The van der Waals surface area contributed by atoms with E-state index in [9.17, 15) is 4.79 Å². The van der Waals surface area contributed by atoms with Gasteiger partial charge in [0.05, 0.1) is 11.8 Å². The van der Waals surface area contributed by atoms with Crippen molar-refractivity contribution in [3.63, 3.8) is 0 Å². The van der Waals surface area contributed by atoms with Crippen LogP contribution >= 0.6 is 11.3 Å². The van der Waals surface area contributed by atoms with E-state index < -0.39 is 5.60 Å². The third-order valence-corrected chi connectivity index (χ3v) is 5.19. The van der Waals surface area contributed by atoms with Crippen molar-refractivity contribution in [3.8, 4) is 0 Å². The van der Waals surface area contributed by atoms with E-state index in [1.54, 1.807) is 0 Å². The molecule has 3 heterocycles. The Bertz CT molecular complexity index is 984. The molecule has 3 rings (SSSR count). The van der Waals surface area contributed by atoms with E-state index in [2.05, 4.69) is 15.3 Å². The van der Waals surface area contributed by atoms with Crippen molar-refractivity contribution in [3.05, 3.63) is 64.2 Å². The highest BCUT2D eigenvalue weighted by molar-refractivity contribution is 7.14. The minimum absolute atomic E-state index is 0.0912. The number of rotatable bonds is 7. The summed E-state index contributed by atoms with van der Waals surface area (Å²) in [7, 11) is 0. The maximum absolute atomic E-state index is 12.8. The van der Waals surface area contributed by atoms with Crippen molar-refractivity contribution in [2.75, 3.05) is 5.32 Å². The van der Waals surface area contributed by atoms with E-state index in [0.717, 1.165) is 22.6 Å². The molecular weight excluding hydrogens is 384 g/mol. The maximum Gasteiger partial charge on any atom is 0.274 e. The van der Waals surface area contributed by atoms with Crippen molar-refractivity contribution in [2.24, 2.45) is 0 Å². The van der Waals surface area contributed by atoms with Crippen molar-refractivity contribution in [2.45, 2.75) is 59.8 Å². The first-order valence-electron chi connectivity index (χ1n) is 9.68. The van der Waals surface area contributed by atoms with Crippen LogP contribution in [0, 0.1) is 13.8 Å². The second kappa shape index (κ2) is 8.47. The zero-order valence-electron chi connectivity index (χ0n) is 17.8. The van der Waals surface area contributed by atoms with Gasteiger partial charge in [0.2, 0.25) is 0 Å². The van der Waals surface area contributed by atoms with E-state index in [-0.39, 0.29) is 12.0 Å². The van der Waals surface area contributed by atoms with Gasteiger partial charge in [-0.25, -0.2) is 4.98 Å². The largest absolute Gasteiger partial charge is 0.367 e.